The zero-order valence-corrected chi connectivity index (χ0v) is 13.3. The number of benzene rings is 1. The molecule has 3 heteroatoms. The van der Waals surface area contributed by atoms with Crippen LogP contribution in [0.1, 0.15) is 39.5 Å². The van der Waals surface area contributed by atoms with E-state index >= 15 is 0 Å². The average molecular weight is 276 g/mol. The Morgan fingerprint density at radius 3 is 2.25 bits per heavy atom. The first-order chi connectivity index (χ1) is 9.47. The molecule has 112 valence electrons. The molecule has 0 amide bonds. The SMILES string of the molecule is COc1ccc(N(C)C2(CN)CCCCC2(C)C)cc1. The van der Waals surface area contributed by atoms with E-state index in [0.717, 1.165) is 5.75 Å². The molecule has 20 heavy (non-hydrogen) atoms. The summed E-state index contributed by atoms with van der Waals surface area (Å²) in [5, 5.41) is 0. The van der Waals surface area contributed by atoms with Crippen LogP contribution < -0.4 is 15.4 Å². The van der Waals surface area contributed by atoms with Gasteiger partial charge >= 0.3 is 0 Å². The fourth-order valence-corrected chi connectivity index (χ4v) is 3.75. The highest BCUT2D eigenvalue weighted by molar-refractivity contribution is 5.51. The zero-order chi connectivity index (χ0) is 14.8. The van der Waals surface area contributed by atoms with Gasteiger partial charge in [0.1, 0.15) is 5.75 Å². The van der Waals surface area contributed by atoms with E-state index < -0.39 is 0 Å². The van der Waals surface area contributed by atoms with Crippen molar-refractivity contribution in [3.8, 4) is 5.75 Å². The second kappa shape index (κ2) is 5.65. The Morgan fingerprint density at radius 2 is 1.75 bits per heavy atom. The van der Waals surface area contributed by atoms with Gasteiger partial charge in [-0.05, 0) is 42.5 Å². The van der Waals surface area contributed by atoms with Gasteiger partial charge in [0.15, 0.2) is 0 Å². The third kappa shape index (κ3) is 2.39. The van der Waals surface area contributed by atoms with E-state index in [9.17, 15) is 0 Å². The van der Waals surface area contributed by atoms with Gasteiger partial charge in [-0.1, -0.05) is 26.7 Å². The number of nitrogens with two attached hydrogens (primary N) is 1. The monoisotopic (exact) mass is 276 g/mol. The van der Waals surface area contributed by atoms with Crippen molar-refractivity contribution >= 4 is 5.69 Å². The van der Waals surface area contributed by atoms with Gasteiger partial charge in [-0.2, -0.15) is 0 Å². The standard InChI is InChI=1S/C17H28N2O/c1-16(2)11-5-6-12-17(16,13-18)19(3)14-7-9-15(20-4)10-8-14/h7-10H,5-6,11-13,18H2,1-4H3. The van der Waals surface area contributed by atoms with Crippen molar-refractivity contribution in [2.24, 2.45) is 11.1 Å². The summed E-state index contributed by atoms with van der Waals surface area (Å²) < 4.78 is 5.24. The van der Waals surface area contributed by atoms with Crippen LogP contribution in [0, 0.1) is 5.41 Å². The van der Waals surface area contributed by atoms with Crippen LogP contribution in [0.3, 0.4) is 0 Å². The summed E-state index contributed by atoms with van der Waals surface area (Å²) in [6, 6.07) is 8.29. The number of hydrogen-bond acceptors (Lipinski definition) is 3. The Bertz CT molecular complexity index is 441. The third-order valence-electron chi connectivity index (χ3n) is 5.34. The van der Waals surface area contributed by atoms with Crippen molar-refractivity contribution in [1.29, 1.82) is 0 Å². The lowest BCUT2D eigenvalue weighted by Gasteiger charge is -2.55. The summed E-state index contributed by atoms with van der Waals surface area (Å²) in [6.45, 7) is 5.42. The minimum atomic E-state index is 0.0415. The summed E-state index contributed by atoms with van der Waals surface area (Å²) >= 11 is 0. The molecular formula is C17H28N2O. The maximum Gasteiger partial charge on any atom is 0.119 e. The average Bonchev–Trinajstić information content (AvgIpc) is 2.46. The highest BCUT2D eigenvalue weighted by atomic mass is 16.5. The second-order valence-corrected chi connectivity index (χ2v) is 6.58. The van der Waals surface area contributed by atoms with Crippen LogP contribution in [-0.4, -0.2) is 26.2 Å². The fraction of sp³-hybridized carbons (Fsp3) is 0.647. The van der Waals surface area contributed by atoms with E-state index in [1.165, 1.54) is 31.4 Å². The molecule has 0 spiro atoms. The normalized spacial score (nSPS) is 25.2. The molecule has 0 bridgehead atoms. The number of rotatable bonds is 4. The van der Waals surface area contributed by atoms with Crippen LogP contribution in [-0.2, 0) is 0 Å². The van der Waals surface area contributed by atoms with Gasteiger partial charge in [-0.25, -0.2) is 0 Å². The molecule has 1 saturated carbocycles. The summed E-state index contributed by atoms with van der Waals surface area (Å²) in [5.41, 5.74) is 7.73. The van der Waals surface area contributed by atoms with Crippen LogP contribution >= 0.6 is 0 Å². The minimum absolute atomic E-state index is 0.0415. The molecule has 0 heterocycles. The van der Waals surface area contributed by atoms with E-state index in [1.54, 1.807) is 7.11 Å². The second-order valence-electron chi connectivity index (χ2n) is 6.58. The lowest BCUT2D eigenvalue weighted by Crippen LogP contribution is -2.63. The van der Waals surface area contributed by atoms with Crippen molar-refractivity contribution in [3.63, 3.8) is 0 Å². The molecule has 2 N–H and O–H groups in total. The number of ether oxygens (including phenoxy) is 1. The van der Waals surface area contributed by atoms with Crippen molar-refractivity contribution < 1.29 is 4.74 Å². The Hall–Kier alpha value is -1.22. The maximum atomic E-state index is 6.24. The number of likely N-dealkylation sites (N-methyl/N-ethyl adjacent to an activating group) is 1. The Balaban J connectivity index is 2.34. The largest absolute Gasteiger partial charge is 0.497 e. The topological polar surface area (TPSA) is 38.5 Å². The molecule has 1 aliphatic rings. The minimum Gasteiger partial charge on any atom is -0.497 e. The Kier molecular flexibility index (Phi) is 4.28. The molecule has 0 radical (unpaired) electrons. The van der Waals surface area contributed by atoms with E-state index in [2.05, 4.69) is 37.9 Å². The molecule has 1 fully saturated rings. The highest BCUT2D eigenvalue weighted by Crippen LogP contribution is 2.47. The molecule has 3 nitrogen and oxygen atoms in total. The van der Waals surface area contributed by atoms with E-state index in [0.29, 0.717) is 6.54 Å². The molecule has 0 aliphatic heterocycles. The van der Waals surface area contributed by atoms with E-state index in [-0.39, 0.29) is 11.0 Å². The van der Waals surface area contributed by atoms with Crippen LogP contribution in [0.2, 0.25) is 0 Å². The molecule has 1 unspecified atom stereocenters. The summed E-state index contributed by atoms with van der Waals surface area (Å²) in [6.07, 6.45) is 4.98. The van der Waals surface area contributed by atoms with Gasteiger partial charge in [-0.15, -0.1) is 0 Å². The van der Waals surface area contributed by atoms with Crippen molar-refractivity contribution in [2.75, 3.05) is 25.6 Å². The molecule has 1 atom stereocenters. The predicted octanol–water partition coefficient (Wildman–Crippen LogP) is 3.43. The van der Waals surface area contributed by atoms with Gasteiger partial charge in [0.05, 0.1) is 12.6 Å². The molecule has 0 aromatic heterocycles. The summed E-state index contributed by atoms with van der Waals surface area (Å²) in [7, 11) is 3.88. The van der Waals surface area contributed by atoms with Crippen LogP contribution in [0.4, 0.5) is 5.69 Å². The molecule has 1 aromatic rings. The number of nitrogens with zero attached hydrogens (tertiary/aromatic N) is 1. The first kappa shape index (κ1) is 15.2. The van der Waals surface area contributed by atoms with Gasteiger partial charge in [-0.3, -0.25) is 0 Å². The maximum absolute atomic E-state index is 6.24. The van der Waals surface area contributed by atoms with Crippen LogP contribution in [0.15, 0.2) is 24.3 Å². The quantitative estimate of drug-likeness (QED) is 0.915. The first-order valence-electron chi connectivity index (χ1n) is 7.55. The van der Waals surface area contributed by atoms with Crippen molar-refractivity contribution in [2.45, 2.75) is 45.1 Å². The molecular weight excluding hydrogens is 248 g/mol. The van der Waals surface area contributed by atoms with Gasteiger partial charge < -0.3 is 15.4 Å². The number of methoxy groups -OCH3 is 1. The van der Waals surface area contributed by atoms with Gasteiger partial charge in [0.25, 0.3) is 0 Å². The molecule has 1 aromatic carbocycles. The lowest BCUT2D eigenvalue weighted by atomic mass is 9.62. The lowest BCUT2D eigenvalue weighted by molar-refractivity contribution is 0.101. The molecule has 0 saturated heterocycles. The number of anilines is 1. The summed E-state index contributed by atoms with van der Waals surface area (Å²) in [4.78, 5) is 2.39. The number of hydrogen-bond donors (Lipinski definition) is 1. The molecule has 1 aliphatic carbocycles. The van der Waals surface area contributed by atoms with Crippen molar-refractivity contribution in [3.05, 3.63) is 24.3 Å². The van der Waals surface area contributed by atoms with Crippen molar-refractivity contribution in [1.82, 2.24) is 0 Å². The predicted molar refractivity (Wildman–Crippen MR) is 85.4 cm³/mol. The smallest absolute Gasteiger partial charge is 0.119 e. The Labute approximate surface area is 123 Å². The zero-order valence-electron chi connectivity index (χ0n) is 13.3. The third-order valence-corrected chi connectivity index (χ3v) is 5.34. The summed E-state index contributed by atoms with van der Waals surface area (Å²) in [5.74, 6) is 0.895. The van der Waals surface area contributed by atoms with Gasteiger partial charge in [0.2, 0.25) is 0 Å². The van der Waals surface area contributed by atoms with E-state index in [4.69, 9.17) is 10.5 Å². The van der Waals surface area contributed by atoms with E-state index in [1.807, 2.05) is 12.1 Å². The highest BCUT2D eigenvalue weighted by Gasteiger charge is 2.48. The van der Waals surface area contributed by atoms with Crippen LogP contribution in [0.25, 0.3) is 0 Å². The fourth-order valence-electron chi connectivity index (χ4n) is 3.75. The first-order valence-corrected chi connectivity index (χ1v) is 7.55. The van der Waals surface area contributed by atoms with Gasteiger partial charge in [0, 0.05) is 19.3 Å². The molecule has 2 rings (SSSR count). The van der Waals surface area contributed by atoms with Crippen LogP contribution in [0.5, 0.6) is 5.75 Å². The Morgan fingerprint density at radius 1 is 1.15 bits per heavy atom.